The van der Waals surface area contributed by atoms with E-state index < -0.39 is 11.9 Å². The first-order valence-electron chi connectivity index (χ1n) is 7.97. The highest BCUT2D eigenvalue weighted by atomic mass is 32.1. The van der Waals surface area contributed by atoms with Crippen molar-refractivity contribution in [3.8, 4) is 11.1 Å². The van der Waals surface area contributed by atoms with Gasteiger partial charge in [0.25, 0.3) is 0 Å². The van der Waals surface area contributed by atoms with E-state index in [1.54, 1.807) is 17.7 Å². The standard InChI is InChI=1S/C18H17N3O2S/c22-18(23)13-7-4-8-21(9-13)16-15-14(12-5-2-1-3-6-12)10-24-17(15)20-11-19-16/h1-3,5-6,10-11,13H,4,7-9H2,(H,22,23)/p-1/t13-/m0/s1. The predicted molar refractivity (Wildman–Crippen MR) is 92.8 cm³/mol. The number of rotatable bonds is 3. The molecule has 0 aliphatic carbocycles. The van der Waals surface area contributed by atoms with Crippen molar-refractivity contribution in [1.29, 1.82) is 0 Å². The lowest BCUT2D eigenvalue weighted by Gasteiger charge is -2.34. The van der Waals surface area contributed by atoms with Gasteiger partial charge in [0.15, 0.2) is 0 Å². The second kappa shape index (κ2) is 6.20. The van der Waals surface area contributed by atoms with E-state index in [1.807, 2.05) is 18.2 Å². The van der Waals surface area contributed by atoms with Crippen molar-refractivity contribution >= 4 is 33.3 Å². The number of fused-ring (bicyclic) bond motifs is 1. The summed E-state index contributed by atoms with van der Waals surface area (Å²) in [5.41, 5.74) is 2.22. The van der Waals surface area contributed by atoms with E-state index in [4.69, 9.17) is 0 Å². The van der Waals surface area contributed by atoms with Gasteiger partial charge in [-0.05, 0) is 18.4 Å². The highest BCUT2D eigenvalue weighted by Crippen LogP contribution is 2.38. The smallest absolute Gasteiger partial charge is 0.141 e. The molecule has 0 N–H and O–H groups in total. The molecule has 3 aromatic rings. The monoisotopic (exact) mass is 338 g/mol. The Labute approximate surface area is 143 Å². The second-order valence-corrected chi connectivity index (χ2v) is 6.86. The fourth-order valence-corrected chi connectivity index (χ4v) is 4.20. The average Bonchev–Trinajstić information content (AvgIpc) is 3.07. The molecule has 0 unspecified atom stereocenters. The van der Waals surface area contributed by atoms with Crippen molar-refractivity contribution < 1.29 is 9.90 Å². The van der Waals surface area contributed by atoms with E-state index in [1.165, 1.54) is 0 Å². The zero-order chi connectivity index (χ0) is 16.5. The maximum atomic E-state index is 11.3. The lowest BCUT2D eigenvalue weighted by atomic mass is 9.97. The Morgan fingerprint density at radius 1 is 1.25 bits per heavy atom. The fourth-order valence-electron chi connectivity index (χ4n) is 3.29. The Kier molecular flexibility index (Phi) is 3.90. The van der Waals surface area contributed by atoms with E-state index in [0.29, 0.717) is 13.0 Å². The quantitative estimate of drug-likeness (QED) is 0.733. The summed E-state index contributed by atoms with van der Waals surface area (Å²) in [6, 6.07) is 10.1. The van der Waals surface area contributed by atoms with Gasteiger partial charge in [-0.15, -0.1) is 11.3 Å². The van der Waals surface area contributed by atoms with E-state index in [9.17, 15) is 9.90 Å². The number of aromatic nitrogens is 2. The van der Waals surface area contributed by atoms with Crippen LogP contribution in [0.25, 0.3) is 21.3 Å². The summed E-state index contributed by atoms with van der Waals surface area (Å²) in [5, 5.41) is 14.4. The maximum Gasteiger partial charge on any atom is 0.141 e. The molecule has 1 fully saturated rings. The van der Waals surface area contributed by atoms with Gasteiger partial charge in [0.1, 0.15) is 17.0 Å². The molecule has 0 saturated carbocycles. The molecule has 0 spiro atoms. The van der Waals surface area contributed by atoms with Gasteiger partial charge in [0, 0.05) is 35.9 Å². The summed E-state index contributed by atoms with van der Waals surface area (Å²) >= 11 is 1.59. The van der Waals surface area contributed by atoms with Gasteiger partial charge in [-0.1, -0.05) is 30.3 Å². The number of hydrogen-bond acceptors (Lipinski definition) is 6. The minimum Gasteiger partial charge on any atom is -0.550 e. The molecule has 5 nitrogen and oxygen atoms in total. The second-order valence-electron chi connectivity index (χ2n) is 6.00. The molecule has 1 atom stereocenters. The molecule has 1 aliphatic heterocycles. The Balaban J connectivity index is 1.81. The van der Waals surface area contributed by atoms with Crippen LogP contribution in [0.1, 0.15) is 12.8 Å². The van der Waals surface area contributed by atoms with Crippen molar-refractivity contribution in [2.75, 3.05) is 18.0 Å². The number of hydrogen-bond donors (Lipinski definition) is 0. The third-order valence-corrected chi connectivity index (χ3v) is 5.38. The van der Waals surface area contributed by atoms with E-state index >= 15 is 0 Å². The predicted octanol–water partition coefficient (Wildman–Crippen LogP) is 2.32. The first-order valence-corrected chi connectivity index (χ1v) is 8.85. The van der Waals surface area contributed by atoms with Gasteiger partial charge >= 0.3 is 0 Å². The number of carboxylic acids is 1. The molecule has 24 heavy (non-hydrogen) atoms. The highest BCUT2D eigenvalue weighted by molar-refractivity contribution is 7.17. The van der Waals surface area contributed by atoms with E-state index in [0.717, 1.165) is 40.1 Å². The van der Waals surface area contributed by atoms with Crippen LogP contribution in [0.5, 0.6) is 0 Å². The molecule has 4 rings (SSSR count). The fraction of sp³-hybridized carbons (Fsp3) is 0.278. The summed E-state index contributed by atoms with van der Waals surface area (Å²) in [7, 11) is 0. The van der Waals surface area contributed by atoms with Crippen LogP contribution in [0, 0.1) is 5.92 Å². The first kappa shape index (κ1) is 15.1. The van der Waals surface area contributed by atoms with Gasteiger partial charge in [-0.25, -0.2) is 9.97 Å². The number of thiophene rings is 1. The van der Waals surface area contributed by atoms with E-state index in [-0.39, 0.29) is 0 Å². The number of aliphatic carboxylic acids is 1. The molecule has 122 valence electrons. The van der Waals surface area contributed by atoms with Crippen molar-refractivity contribution in [2.45, 2.75) is 12.8 Å². The largest absolute Gasteiger partial charge is 0.550 e. The minimum absolute atomic E-state index is 0.442. The van der Waals surface area contributed by atoms with Crippen molar-refractivity contribution in [3.63, 3.8) is 0 Å². The average molecular weight is 338 g/mol. The van der Waals surface area contributed by atoms with Gasteiger partial charge in [0.2, 0.25) is 0 Å². The molecule has 0 bridgehead atoms. The number of benzene rings is 1. The third kappa shape index (κ3) is 2.63. The highest BCUT2D eigenvalue weighted by Gasteiger charge is 2.24. The third-order valence-electron chi connectivity index (χ3n) is 4.49. The van der Waals surface area contributed by atoms with Crippen LogP contribution in [-0.2, 0) is 4.79 Å². The van der Waals surface area contributed by atoms with Crippen LogP contribution in [0.4, 0.5) is 5.82 Å². The molecule has 1 saturated heterocycles. The maximum absolute atomic E-state index is 11.3. The summed E-state index contributed by atoms with van der Waals surface area (Å²) in [6.45, 7) is 1.25. The zero-order valence-corrected chi connectivity index (χ0v) is 13.8. The molecule has 0 radical (unpaired) electrons. The van der Waals surface area contributed by atoms with Gasteiger partial charge < -0.3 is 14.8 Å². The van der Waals surface area contributed by atoms with Gasteiger partial charge in [-0.2, -0.15) is 0 Å². The Morgan fingerprint density at radius 3 is 2.88 bits per heavy atom. The van der Waals surface area contributed by atoms with Crippen molar-refractivity contribution in [3.05, 3.63) is 42.0 Å². The summed E-state index contributed by atoms with van der Waals surface area (Å²) in [6.07, 6.45) is 3.06. The van der Waals surface area contributed by atoms with Crippen LogP contribution in [0.3, 0.4) is 0 Å². The van der Waals surface area contributed by atoms with E-state index in [2.05, 4.69) is 32.4 Å². The normalized spacial score (nSPS) is 18.0. The molecular formula is C18H16N3O2S-. The van der Waals surface area contributed by atoms with Crippen LogP contribution < -0.4 is 10.0 Å². The van der Waals surface area contributed by atoms with Crippen molar-refractivity contribution in [1.82, 2.24) is 9.97 Å². The Bertz CT molecular complexity index is 878. The Hall–Kier alpha value is -2.47. The van der Waals surface area contributed by atoms with Gasteiger partial charge in [-0.3, -0.25) is 0 Å². The van der Waals surface area contributed by atoms with Crippen LogP contribution >= 0.6 is 11.3 Å². The van der Waals surface area contributed by atoms with Crippen LogP contribution in [0.15, 0.2) is 42.0 Å². The number of carbonyl (C=O) groups is 1. The summed E-state index contributed by atoms with van der Waals surface area (Å²) in [4.78, 5) is 23.1. The molecule has 2 aromatic heterocycles. The molecular weight excluding hydrogens is 322 g/mol. The first-order chi connectivity index (χ1) is 11.7. The number of carbonyl (C=O) groups excluding carboxylic acids is 1. The molecule has 1 aromatic carbocycles. The van der Waals surface area contributed by atoms with Gasteiger partial charge in [0.05, 0.1) is 5.39 Å². The zero-order valence-electron chi connectivity index (χ0n) is 13.0. The van der Waals surface area contributed by atoms with Crippen LogP contribution in [-0.4, -0.2) is 29.0 Å². The molecule has 3 heterocycles. The number of carboxylic acid groups (broad SMARTS) is 1. The number of piperidine rings is 1. The summed E-state index contributed by atoms with van der Waals surface area (Å²) in [5.74, 6) is -0.591. The minimum atomic E-state index is -0.974. The lowest BCUT2D eigenvalue weighted by Crippen LogP contribution is -2.44. The van der Waals surface area contributed by atoms with Crippen molar-refractivity contribution in [2.24, 2.45) is 5.92 Å². The number of anilines is 1. The molecule has 6 heteroatoms. The molecule has 1 aliphatic rings. The Morgan fingerprint density at radius 2 is 2.08 bits per heavy atom. The number of nitrogens with zero attached hydrogens (tertiary/aromatic N) is 3. The summed E-state index contributed by atoms with van der Waals surface area (Å²) < 4.78 is 0. The van der Waals surface area contributed by atoms with Crippen LogP contribution in [0.2, 0.25) is 0 Å². The molecule has 0 amide bonds. The SMILES string of the molecule is O=C([O-])[C@H]1CCCN(c2ncnc3scc(-c4ccccc4)c23)C1. The lowest BCUT2D eigenvalue weighted by molar-refractivity contribution is -0.311. The topological polar surface area (TPSA) is 69.2 Å².